The molecule has 0 amide bonds. The van der Waals surface area contributed by atoms with E-state index >= 15 is 0 Å². The summed E-state index contributed by atoms with van der Waals surface area (Å²) in [6.45, 7) is 2.94. The standard InChI is InChI=1S/C11H17Cl2N3O/c1-7(3-4-17)6-15-11-9(13)5-8(12)10(14-2)16-11/h5,7,17H,3-4,6H2,1-2H3,(H2,14,15,16). The van der Waals surface area contributed by atoms with Crippen LogP contribution in [0.25, 0.3) is 0 Å². The molecule has 6 heteroatoms. The number of pyridine rings is 1. The number of hydrogen-bond donors (Lipinski definition) is 3. The normalized spacial score (nSPS) is 12.3. The molecule has 0 aliphatic heterocycles. The van der Waals surface area contributed by atoms with E-state index in [4.69, 9.17) is 28.3 Å². The lowest BCUT2D eigenvalue weighted by Gasteiger charge is -2.14. The highest BCUT2D eigenvalue weighted by Crippen LogP contribution is 2.28. The van der Waals surface area contributed by atoms with Crippen molar-refractivity contribution in [2.45, 2.75) is 13.3 Å². The smallest absolute Gasteiger partial charge is 0.147 e. The number of hydrogen-bond acceptors (Lipinski definition) is 4. The average molecular weight is 278 g/mol. The van der Waals surface area contributed by atoms with E-state index in [-0.39, 0.29) is 6.61 Å². The first kappa shape index (κ1) is 14.4. The Labute approximate surface area is 111 Å². The molecule has 0 spiro atoms. The third-order valence-electron chi connectivity index (χ3n) is 2.41. The molecule has 1 rings (SSSR count). The lowest BCUT2D eigenvalue weighted by Crippen LogP contribution is -2.14. The van der Waals surface area contributed by atoms with Gasteiger partial charge in [0.15, 0.2) is 0 Å². The maximum Gasteiger partial charge on any atom is 0.147 e. The quantitative estimate of drug-likeness (QED) is 0.749. The van der Waals surface area contributed by atoms with Crippen molar-refractivity contribution in [2.24, 2.45) is 5.92 Å². The van der Waals surface area contributed by atoms with Crippen molar-refractivity contribution in [1.82, 2.24) is 4.98 Å². The van der Waals surface area contributed by atoms with Gasteiger partial charge >= 0.3 is 0 Å². The van der Waals surface area contributed by atoms with E-state index in [2.05, 4.69) is 15.6 Å². The van der Waals surface area contributed by atoms with Gasteiger partial charge in [0, 0.05) is 20.2 Å². The van der Waals surface area contributed by atoms with E-state index in [1.54, 1.807) is 13.1 Å². The number of aliphatic hydroxyl groups is 1. The summed E-state index contributed by atoms with van der Waals surface area (Å²) in [5.74, 6) is 1.55. The number of rotatable bonds is 6. The Kier molecular flexibility index (Phi) is 5.82. The fraction of sp³-hybridized carbons (Fsp3) is 0.545. The van der Waals surface area contributed by atoms with E-state index in [1.807, 2.05) is 6.92 Å². The Morgan fingerprint density at radius 3 is 2.59 bits per heavy atom. The zero-order chi connectivity index (χ0) is 12.8. The second-order valence-electron chi connectivity index (χ2n) is 3.90. The van der Waals surface area contributed by atoms with Crippen molar-refractivity contribution < 1.29 is 5.11 Å². The molecule has 4 nitrogen and oxygen atoms in total. The number of nitrogens with zero attached hydrogens (tertiary/aromatic N) is 1. The van der Waals surface area contributed by atoms with Gasteiger partial charge in [-0.3, -0.25) is 0 Å². The molecular formula is C11H17Cl2N3O. The molecule has 1 atom stereocenters. The Hall–Kier alpha value is -0.710. The number of aromatic nitrogens is 1. The molecule has 0 saturated carbocycles. The summed E-state index contributed by atoms with van der Waals surface area (Å²) < 4.78 is 0. The SMILES string of the molecule is CNc1nc(NCC(C)CCO)c(Cl)cc1Cl. The van der Waals surface area contributed by atoms with Crippen LogP contribution in [0.3, 0.4) is 0 Å². The van der Waals surface area contributed by atoms with E-state index in [9.17, 15) is 0 Å². The Morgan fingerprint density at radius 1 is 1.35 bits per heavy atom. The second-order valence-corrected chi connectivity index (χ2v) is 4.71. The van der Waals surface area contributed by atoms with Gasteiger partial charge in [-0.1, -0.05) is 30.1 Å². The molecule has 1 heterocycles. The summed E-state index contributed by atoms with van der Waals surface area (Å²) in [7, 11) is 1.75. The second kappa shape index (κ2) is 6.89. The molecule has 0 fully saturated rings. The highest BCUT2D eigenvalue weighted by atomic mass is 35.5. The molecule has 1 aromatic rings. The molecular weight excluding hydrogens is 261 g/mol. The van der Waals surface area contributed by atoms with Crippen molar-refractivity contribution in [3.63, 3.8) is 0 Å². The number of aliphatic hydroxyl groups excluding tert-OH is 1. The first-order valence-corrected chi connectivity index (χ1v) is 6.22. The van der Waals surface area contributed by atoms with Gasteiger partial charge in [-0.25, -0.2) is 4.98 Å². The van der Waals surface area contributed by atoms with Crippen molar-refractivity contribution in [2.75, 3.05) is 30.8 Å². The molecule has 0 saturated heterocycles. The molecule has 0 aromatic carbocycles. The first-order valence-electron chi connectivity index (χ1n) is 5.47. The van der Waals surface area contributed by atoms with Crippen molar-refractivity contribution in [3.8, 4) is 0 Å². The monoisotopic (exact) mass is 277 g/mol. The predicted octanol–water partition coefficient (Wildman–Crippen LogP) is 2.86. The van der Waals surface area contributed by atoms with E-state index in [0.29, 0.717) is 34.1 Å². The molecule has 96 valence electrons. The van der Waals surface area contributed by atoms with Crippen molar-refractivity contribution in [3.05, 3.63) is 16.1 Å². The van der Waals surface area contributed by atoms with Crippen LogP contribution in [0.15, 0.2) is 6.07 Å². The van der Waals surface area contributed by atoms with Gasteiger partial charge in [0.05, 0.1) is 10.0 Å². The fourth-order valence-electron chi connectivity index (χ4n) is 1.36. The van der Waals surface area contributed by atoms with E-state index in [1.165, 1.54) is 0 Å². The summed E-state index contributed by atoms with van der Waals surface area (Å²) in [6, 6.07) is 1.65. The first-order chi connectivity index (χ1) is 8.08. The summed E-state index contributed by atoms with van der Waals surface area (Å²) in [6.07, 6.45) is 0.747. The molecule has 1 aromatic heterocycles. The third kappa shape index (κ3) is 4.22. The lowest BCUT2D eigenvalue weighted by molar-refractivity contribution is 0.266. The fourth-order valence-corrected chi connectivity index (χ4v) is 1.88. The van der Waals surface area contributed by atoms with Gasteiger partial charge in [0.1, 0.15) is 11.6 Å². The molecule has 0 aliphatic carbocycles. The maximum atomic E-state index is 8.81. The van der Waals surface area contributed by atoms with Gasteiger partial charge in [-0.15, -0.1) is 0 Å². The molecule has 0 radical (unpaired) electrons. The van der Waals surface area contributed by atoms with Gasteiger partial charge in [-0.2, -0.15) is 0 Å². The summed E-state index contributed by atoms with van der Waals surface area (Å²) >= 11 is 12.0. The summed E-state index contributed by atoms with van der Waals surface area (Å²) in [4.78, 5) is 4.27. The average Bonchev–Trinajstić information content (AvgIpc) is 2.28. The van der Waals surface area contributed by atoms with Gasteiger partial charge in [0.25, 0.3) is 0 Å². The van der Waals surface area contributed by atoms with E-state index < -0.39 is 0 Å². The van der Waals surface area contributed by atoms with Crippen LogP contribution in [-0.2, 0) is 0 Å². The minimum atomic E-state index is 0.187. The van der Waals surface area contributed by atoms with Crippen LogP contribution in [0.4, 0.5) is 11.6 Å². The van der Waals surface area contributed by atoms with Crippen molar-refractivity contribution in [1.29, 1.82) is 0 Å². The Balaban J connectivity index is 2.70. The number of halogens is 2. The van der Waals surface area contributed by atoms with Gasteiger partial charge in [-0.05, 0) is 18.4 Å². The largest absolute Gasteiger partial charge is 0.396 e. The van der Waals surface area contributed by atoms with Crippen LogP contribution in [0.2, 0.25) is 10.0 Å². The van der Waals surface area contributed by atoms with E-state index in [0.717, 1.165) is 6.42 Å². The van der Waals surface area contributed by atoms with Crippen LogP contribution >= 0.6 is 23.2 Å². The Morgan fingerprint density at radius 2 is 2.00 bits per heavy atom. The highest BCUT2D eigenvalue weighted by molar-refractivity contribution is 6.37. The zero-order valence-corrected chi connectivity index (χ0v) is 11.4. The topological polar surface area (TPSA) is 57.2 Å². The lowest BCUT2D eigenvalue weighted by atomic mass is 10.1. The summed E-state index contributed by atoms with van der Waals surface area (Å²) in [5.41, 5.74) is 0. The Bertz CT molecular complexity index is 374. The van der Waals surface area contributed by atoms with Crippen LogP contribution in [0.1, 0.15) is 13.3 Å². The number of anilines is 2. The maximum absolute atomic E-state index is 8.81. The van der Waals surface area contributed by atoms with Crippen LogP contribution in [0.5, 0.6) is 0 Å². The zero-order valence-electron chi connectivity index (χ0n) is 9.93. The highest BCUT2D eigenvalue weighted by Gasteiger charge is 2.09. The third-order valence-corrected chi connectivity index (χ3v) is 2.98. The minimum Gasteiger partial charge on any atom is -0.396 e. The van der Waals surface area contributed by atoms with Gasteiger partial charge in [0.2, 0.25) is 0 Å². The minimum absolute atomic E-state index is 0.187. The molecule has 17 heavy (non-hydrogen) atoms. The predicted molar refractivity (Wildman–Crippen MR) is 73.2 cm³/mol. The molecule has 0 bridgehead atoms. The van der Waals surface area contributed by atoms with Crippen molar-refractivity contribution >= 4 is 34.8 Å². The van der Waals surface area contributed by atoms with Crippen LogP contribution in [0, 0.1) is 5.92 Å². The molecule has 1 unspecified atom stereocenters. The summed E-state index contributed by atoms with van der Waals surface area (Å²) in [5, 5.41) is 15.8. The number of nitrogens with one attached hydrogen (secondary N) is 2. The van der Waals surface area contributed by atoms with Crippen LogP contribution < -0.4 is 10.6 Å². The molecule has 3 N–H and O–H groups in total. The van der Waals surface area contributed by atoms with Gasteiger partial charge < -0.3 is 15.7 Å². The molecule has 0 aliphatic rings. The van der Waals surface area contributed by atoms with Crippen LogP contribution in [-0.4, -0.2) is 30.3 Å².